The van der Waals surface area contributed by atoms with Crippen LogP contribution in [0.3, 0.4) is 0 Å². The largest absolute Gasteiger partial charge is 0.489 e. The number of piperidine rings is 1. The summed E-state index contributed by atoms with van der Waals surface area (Å²) in [5.74, 6) is 1.33. The number of hydrogen-bond donors (Lipinski definition) is 2. The highest BCUT2D eigenvalue weighted by atomic mass is 35.5. The summed E-state index contributed by atoms with van der Waals surface area (Å²) in [5, 5.41) is 26.9. The molecule has 2 fully saturated rings. The van der Waals surface area contributed by atoms with Crippen LogP contribution in [0.1, 0.15) is 64.4 Å². The molecule has 1 saturated carbocycles. The number of aromatic nitrogens is 2. The van der Waals surface area contributed by atoms with Crippen molar-refractivity contribution in [1.82, 2.24) is 10.1 Å². The summed E-state index contributed by atoms with van der Waals surface area (Å²) in [6.07, 6.45) is 4.45. The fourth-order valence-electron chi connectivity index (χ4n) is 6.42. The normalized spacial score (nSPS) is 15.9. The average molecular weight is 671 g/mol. The van der Waals surface area contributed by atoms with Crippen molar-refractivity contribution in [3.8, 4) is 28.1 Å². The first-order valence-corrected chi connectivity index (χ1v) is 16.4. The van der Waals surface area contributed by atoms with Gasteiger partial charge in [0.1, 0.15) is 29.6 Å². The first-order chi connectivity index (χ1) is 22.7. The number of aromatic carboxylic acids is 1. The van der Waals surface area contributed by atoms with E-state index in [0.717, 1.165) is 46.4 Å². The summed E-state index contributed by atoms with van der Waals surface area (Å²) >= 11 is 13.1. The lowest BCUT2D eigenvalue weighted by Crippen LogP contribution is -2.43. The first-order valence-electron chi connectivity index (χ1n) is 15.6. The van der Waals surface area contributed by atoms with Gasteiger partial charge in [0.05, 0.1) is 26.8 Å². The van der Waals surface area contributed by atoms with Gasteiger partial charge in [-0.1, -0.05) is 64.8 Å². The number of ether oxygens (including phenoxy) is 1. The predicted molar refractivity (Wildman–Crippen MR) is 181 cm³/mol. The van der Waals surface area contributed by atoms with Crippen LogP contribution in [0.5, 0.6) is 5.75 Å². The zero-order valence-corrected chi connectivity index (χ0v) is 27.3. The first kappa shape index (κ1) is 31.2. The molecule has 2 aromatic heterocycles. The Morgan fingerprint density at radius 1 is 1.00 bits per heavy atom. The molecule has 3 aromatic carbocycles. The molecule has 0 amide bonds. The van der Waals surface area contributed by atoms with Gasteiger partial charge in [0.2, 0.25) is 0 Å². The van der Waals surface area contributed by atoms with Crippen molar-refractivity contribution in [3.05, 3.63) is 117 Å². The van der Waals surface area contributed by atoms with Crippen LogP contribution >= 0.6 is 23.2 Å². The summed E-state index contributed by atoms with van der Waals surface area (Å²) in [4.78, 5) is 17.9. The van der Waals surface area contributed by atoms with Crippen LogP contribution < -0.4 is 9.64 Å². The Morgan fingerprint density at radius 3 is 2.45 bits per heavy atom. The number of nitrogens with zero attached hydrogens (tertiary/aromatic N) is 3. The molecule has 3 heterocycles. The molecule has 8 nitrogen and oxygen atoms in total. The van der Waals surface area contributed by atoms with Crippen LogP contribution in [0.2, 0.25) is 10.0 Å². The molecule has 7 rings (SSSR count). The number of aliphatic hydroxyl groups is 1. The van der Waals surface area contributed by atoms with Crippen molar-refractivity contribution in [2.45, 2.75) is 50.7 Å². The summed E-state index contributed by atoms with van der Waals surface area (Å²) in [6.45, 7) is 3.30. The second kappa shape index (κ2) is 12.7. The van der Waals surface area contributed by atoms with E-state index in [1.807, 2.05) is 35.2 Å². The number of halogens is 2. The second-order valence-corrected chi connectivity index (χ2v) is 13.1. The second-order valence-electron chi connectivity index (χ2n) is 12.3. The SMILES string of the molecule is Cc1ccccc1-c1cc(OCc2c(-c3c(Cl)cccc3Cl)noc2C2CC2)ccc1C1(O)CCN(c2cc(C(=O)O)ccn2)CC1. The lowest BCUT2D eigenvalue weighted by molar-refractivity contribution is 0.0121. The number of benzene rings is 3. The average Bonchev–Trinajstić information content (AvgIpc) is 3.84. The number of carboxylic acids is 1. The van der Waals surface area contributed by atoms with E-state index < -0.39 is 11.6 Å². The van der Waals surface area contributed by atoms with E-state index in [1.165, 1.54) is 12.3 Å². The van der Waals surface area contributed by atoms with Crippen molar-refractivity contribution in [2.75, 3.05) is 18.0 Å². The minimum absolute atomic E-state index is 0.186. The third-order valence-corrected chi connectivity index (χ3v) is 9.81. The maximum absolute atomic E-state index is 12.1. The Kier molecular flexibility index (Phi) is 8.43. The van der Waals surface area contributed by atoms with E-state index in [2.05, 4.69) is 29.2 Å². The van der Waals surface area contributed by atoms with Crippen molar-refractivity contribution >= 4 is 35.0 Å². The monoisotopic (exact) mass is 669 g/mol. The highest BCUT2D eigenvalue weighted by molar-refractivity contribution is 6.39. The van der Waals surface area contributed by atoms with E-state index in [9.17, 15) is 15.0 Å². The Morgan fingerprint density at radius 2 is 1.74 bits per heavy atom. The van der Waals surface area contributed by atoms with Gasteiger partial charge in [-0.3, -0.25) is 0 Å². The summed E-state index contributed by atoms with van der Waals surface area (Å²) in [6, 6.07) is 22.4. The van der Waals surface area contributed by atoms with Gasteiger partial charge in [0.15, 0.2) is 0 Å². The fraction of sp³-hybridized carbons (Fsp3) is 0.270. The Labute approximate surface area is 282 Å². The van der Waals surface area contributed by atoms with Gasteiger partial charge >= 0.3 is 5.97 Å². The lowest BCUT2D eigenvalue weighted by Gasteiger charge is -2.40. The molecule has 1 saturated heterocycles. The Hall–Kier alpha value is -4.37. The molecule has 2 N–H and O–H groups in total. The minimum Gasteiger partial charge on any atom is -0.489 e. The molecule has 0 radical (unpaired) electrons. The van der Waals surface area contributed by atoms with Crippen LogP contribution in [0.4, 0.5) is 5.82 Å². The molecular weight excluding hydrogens is 637 g/mol. The molecule has 240 valence electrons. The van der Waals surface area contributed by atoms with Gasteiger partial charge < -0.3 is 24.4 Å². The van der Waals surface area contributed by atoms with Crippen LogP contribution in [-0.2, 0) is 12.2 Å². The molecule has 0 bridgehead atoms. The van der Waals surface area contributed by atoms with Gasteiger partial charge in [-0.15, -0.1) is 0 Å². The predicted octanol–water partition coefficient (Wildman–Crippen LogP) is 8.66. The molecular formula is C37H33Cl2N3O5. The van der Waals surface area contributed by atoms with Gasteiger partial charge in [-0.05, 0) is 91.3 Å². The summed E-state index contributed by atoms with van der Waals surface area (Å²) < 4.78 is 12.3. The lowest BCUT2D eigenvalue weighted by atomic mass is 9.79. The molecule has 5 aromatic rings. The number of rotatable bonds is 9. The van der Waals surface area contributed by atoms with Crippen molar-refractivity contribution in [1.29, 1.82) is 0 Å². The molecule has 0 atom stereocenters. The number of anilines is 1. The zero-order chi connectivity index (χ0) is 32.7. The molecule has 0 spiro atoms. The highest BCUT2D eigenvalue weighted by Gasteiger charge is 2.37. The van der Waals surface area contributed by atoms with Crippen molar-refractivity contribution in [2.24, 2.45) is 0 Å². The zero-order valence-electron chi connectivity index (χ0n) is 25.7. The fourth-order valence-corrected chi connectivity index (χ4v) is 7.00. The van der Waals surface area contributed by atoms with Gasteiger partial charge in [0.25, 0.3) is 0 Å². The molecule has 2 aliphatic rings. The van der Waals surface area contributed by atoms with Gasteiger partial charge in [-0.2, -0.15) is 0 Å². The maximum Gasteiger partial charge on any atom is 0.335 e. The quantitative estimate of drug-likeness (QED) is 0.160. The molecule has 1 aliphatic carbocycles. The standard InChI is InChI=1S/C37H33Cl2N3O5/c1-22-5-2-3-6-26(22)27-20-25(46-21-28-34(41-47-35(28)23-9-10-23)33-30(38)7-4-8-31(33)39)11-12-29(27)37(45)14-17-42(18-15-37)32-19-24(36(43)44)13-16-40-32/h2-8,11-13,16,19-20,23,45H,9-10,14-15,17-18,21H2,1H3,(H,43,44). The molecule has 0 unspecified atom stereocenters. The van der Waals surface area contributed by atoms with Crippen LogP contribution in [-0.4, -0.2) is 39.4 Å². The number of hydrogen-bond acceptors (Lipinski definition) is 7. The highest BCUT2D eigenvalue weighted by Crippen LogP contribution is 2.47. The third-order valence-electron chi connectivity index (χ3n) is 9.18. The van der Waals surface area contributed by atoms with Crippen molar-refractivity contribution < 1.29 is 24.3 Å². The smallest absolute Gasteiger partial charge is 0.335 e. The minimum atomic E-state index is -1.11. The number of carboxylic acid groups (broad SMARTS) is 1. The van der Waals surface area contributed by atoms with E-state index in [4.69, 9.17) is 32.5 Å². The van der Waals surface area contributed by atoms with Crippen LogP contribution in [0.15, 0.2) is 83.5 Å². The number of aryl methyl sites for hydroxylation is 1. The van der Waals surface area contributed by atoms with Gasteiger partial charge in [0, 0.05) is 30.8 Å². The molecule has 10 heteroatoms. The Bertz CT molecular complexity index is 1940. The van der Waals surface area contributed by atoms with E-state index in [-0.39, 0.29) is 12.2 Å². The van der Waals surface area contributed by atoms with Crippen LogP contribution in [0, 0.1) is 6.92 Å². The van der Waals surface area contributed by atoms with Crippen molar-refractivity contribution in [3.63, 3.8) is 0 Å². The molecule has 47 heavy (non-hydrogen) atoms. The topological polar surface area (TPSA) is 109 Å². The van der Waals surface area contributed by atoms with Crippen LogP contribution in [0.25, 0.3) is 22.4 Å². The van der Waals surface area contributed by atoms with E-state index in [1.54, 1.807) is 24.3 Å². The summed E-state index contributed by atoms with van der Waals surface area (Å²) in [7, 11) is 0. The van der Waals surface area contributed by atoms with E-state index in [0.29, 0.717) is 64.7 Å². The summed E-state index contributed by atoms with van der Waals surface area (Å²) in [5.41, 5.74) is 4.91. The third kappa shape index (κ3) is 6.21. The number of pyridine rings is 1. The maximum atomic E-state index is 12.1. The molecule has 1 aliphatic heterocycles. The van der Waals surface area contributed by atoms with E-state index >= 15 is 0 Å². The Balaban J connectivity index is 1.19. The van der Waals surface area contributed by atoms with Gasteiger partial charge in [-0.25, -0.2) is 9.78 Å². The number of carbonyl (C=O) groups is 1.